The van der Waals surface area contributed by atoms with Crippen molar-refractivity contribution in [1.82, 2.24) is 10.2 Å². The summed E-state index contributed by atoms with van der Waals surface area (Å²) in [6, 6.07) is 7.43. The molecule has 146 valence electrons. The number of nitrogens with zero attached hydrogens (tertiary/aromatic N) is 1. The van der Waals surface area contributed by atoms with Crippen molar-refractivity contribution in [2.75, 3.05) is 5.75 Å². The Hall–Kier alpha value is -1.00. The van der Waals surface area contributed by atoms with Crippen LogP contribution in [-0.2, 0) is 25.6 Å². The van der Waals surface area contributed by atoms with E-state index in [-0.39, 0.29) is 52.8 Å². The molecular weight excluding hydrogens is 411 g/mol. The molecule has 0 saturated carbocycles. The van der Waals surface area contributed by atoms with Gasteiger partial charge in [-0.15, -0.1) is 11.8 Å². The quantitative estimate of drug-likeness (QED) is 0.498. The van der Waals surface area contributed by atoms with E-state index in [0.29, 0.717) is 0 Å². The molecule has 1 aromatic rings. The van der Waals surface area contributed by atoms with Gasteiger partial charge in [-0.3, -0.25) is 14.4 Å². The summed E-state index contributed by atoms with van der Waals surface area (Å²) in [5.74, 6) is -1.48. The van der Waals surface area contributed by atoms with Crippen molar-refractivity contribution in [1.29, 1.82) is 0 Å². The Bertz CT molecular complexity index is 793. The van der Waals surface area contributed by atoms with Crippen LogP contribution in [-0.4, -0.2) is 90.4 Å². The molecule has 2 amide bonds. The maximum absolute atomic E-state index is 12.5. The van der Waals surface area contributed by atoms with E-state index in [1.54, 1.807) is 6.92 Å². The van der Waals surface area contributed by atoms with Crippen molar-refractivity contribution in [3.63, 3.8) is 0 Å². The van der Waals surface area contributed by atoms with Crippen molar-refractivity contribution < 1.29 is 24.3 Å². The molecule has 10 heteroatoms. The van der Waals surface area contributed by atoms with Crippen molar-refractivity contribution >= 4 is 76.0 Å². The van der Waals surface area contributed by atoms with E-state index in [1.165, 1.54) is 23.6 Å². The van der Waals surface area contributed by atoms with Gasteiger partial charge in [0.1, 0.15) is 17.5 Å². The summed E-state index contributed by atoms with van der Waals surface area (Å²) in [6.07, 6.45) is 0.155. The number of benzene rings is 1. The van der Waals surface area contributed by atoms with Gasteiger partial charge in [0.2, 0.25) is 11.8 Å². The first-order valence-corrected chi connectivity index (χ1v) is 10.3. The van der Waals surface area contributed by atoms with E-state index in [9.17, 15) is 24.3 Å². The molecule has 2 N–H and O–H groups in total. The molecule has 3 rings (SSSR count). The maximum atomic E-state index is 12.5. The fourth-order valence-corrected chi connectivity index (χ4v) is 6.05. The molecule has 7 nitrogen and oxygen atoms in total. The number of β-lactam (4-membered cyclic amide) rings is 1. The molecule has 1 aromatic carbocycles. The second kappa shape index (κ2) is 9.21. The van der Waals surface area contributed by atoms with Gasteiger partial charge >= 0.3 is 35.5 Å². The van der Waals surface area contributed by atoms with Gasteiger partial charge in [0.25, 0.3) is 0 Å². The van der Waals surface area contributed by atoms with Crippen LogP contribution < -0.4 is 5.32 Å². The SMILES string of the molecule is CC(=O)SCC1(C)SC2C(NC(=O)Cc3ccccc3)C(=O)N2[C@H]1C(=O)O.[NaH]. The number of hydrogen-bond donors (Lipinski definition) is 2. The number of carbonyl (C=O) groups is 4. The van der Waals surface area contributed by atoms with E-state index in [2.05, 4.69) is 5.32 Å². The van der Waals surface area contributed by atoms with Crippen LogP contribution in [0.1, 0.15) is 19.4 Å². The molecular formula is C18H21N2NaO5S2. The summed E-state index contributed by atoms with van der Waals surface area (Å²) in [6.45, 7) is 3.18. The molecule has 2 aliphatic rings. The first-order chi connectivity index (χ1) is 12.7. The Morgan fingerprint density at radius 2 is 1.93 bits per heavy atom. The molecule has 0 bridgehead atoms. The molecule has 3 unspecified atom stereocenters. The molecule has 2 saturated heterocycles. The molecule has 2 heterocycles. The molecule has 0 aliphatic carbocycles. The number of rotatable bonds is 6. The zero-order valence-electron chi connectivity index (χ0n) is 14.9. The van der Waals surface area contributed by atoms with Crippen LogP contribution in [0.5, 0.6) is 0 Å². The molecule has 0 spiro atoms. The summed E-state index contributed by atoms with van der Waals surface area (Å²) < 4.78 is -0.804. The minimum absolute atomic E-state index is 0. The number of carbonyl (C=O) groups excluding carboxylic acids is 3. The minimum atomic E-state index is -1.10. The molecule has 4 atom stereocenters. The number of aliphatic carboxylic acids is 1. The van der Waals surface area contributed by atoms with Crippen molar-refractivity contribution in [3.8, 4) is 0 Å². The van der Waals surface area contributed by atoms with Gasteiger partial charge in [-0.1, -0.05) is 42.1 Å². The van der Waals surface area contributed by atoms with Crippen LogP contribution in [0, 0.1) is 0 Å². The van der Waals surface area contributed by atoms with E-state index in [4.69, 9.17) is 0 Å². The van der Waals surface area contributed by atoms with Gasteiger partial charge < -0.3 is 15.3 Å². The Morgan fingerprint density at radius 1 is 1.29 bits per heavy atom. The normalized spacial score (nSPS) is 28.0. The fourth-order valence-electron chi connectivity index (χ4n) is 3.40. The average molecular weight is 432 g/mol. The second-order valence-electron chi connectivity index (χ2n) is 6.80. The zero-order valence-corrected chi connectivity index (χ0v) is 16.5. The number of carboxylic acid groups (broad SMARTS) is 1. The third kappa shape index (κ3) is 4.59. The van der Waals surface area contributed by atoms with Crippen molar-refractivity contribution in [3.05, 3.63) is 35.9 Å². The summed E-state index contributed by atoms with van der Waals surface area (Å²) in [5.41, 5.74) is 0.837. The van der Waals surface area contributed by atoms with Crippen LogP contribution in [0.3, 0.4) is 0 Å². The topological polar surface area (TPSA) is 104 Å². The second-order valence-corrected chi connectivity index (χ2v) is 9.60. The van der Waals surface area contributed by atoms with Gasteiger partial charge in [-0.25, -0.2) is 4.79 Å². The van der Waals surface area contributed by atoms with Crippen LogP contribution in [0.4, 0.5) is 0 Å². The number of amides is 2. The Kier molecular flexibility index (Phi) is 7.66. The zero-order chi connectivity index (χ0) is 19.8. The van der Waals surface area contributed by atoms with E-state index < -0.39 is 34.1 Å². The molecule has 0 aromatic heterocycles. The third-order valence-electron chi connectivity index (χ3n) is 4.65. The van der Waals surface area contributed by atoms with Crippen LogP contribution in [0.25, 0.3) is 0 Å². The Labute approximate surface area is 193 Å². The molecule has 2 aliphatic heterocycles. The van der Waals surface area contributed by atoms with Gasteiger partial charge in [0.05, 0.1) is 11.2 Å². The summed E-state index contributed by atoms with van der Waals surface area (Å²) >= 11 is 2.39. The Morgan fingerprint density at radius 3 is 2.50 bits per heavy atom. The standard InChI is InChI=1S/C18H20N2O5S2.Na.H/c1-10(21)26-9-18(2)14(17(24)25)20-15(23)13(16(20)27-18)19-12(22)8-11-6-4-3-5-7-11;;/h3-7,13-14,16H,8-9H2,1-2H3,(H,19,22)(H,24,25);;/t13?,14-,16?,18?;;/m0../s1. The van der Waals surface area contributed by atoms with E-state index in [0.717, 1.165) is 17.3 Å². The number of carboxylic acids is 1. The average Bonchev–Trinajstić information content (AvgIpc) is 2.89. The number of thioether (sulfide) groups is 2. The summed E-state index contributed by atoms with van der Waals surface area (Å²) in [4.78, 5) is 49.2. The van der Waals surface area contributed by atoms with E-state index >= 15 is 0 Å². The predicted molar refractivity (Wildman–Crippen MR) is 110 cm³/mol. The van der Waals surface area contributed by atoms with Gasteiger partial charge in [0, 0.05) is 12.7 Å². The summed E-state index contributed by atoms with van der Waals surface area (Å²) in [7, 11) is 0. The van der Waals surface area contributed by atoms with E-state index in [1.807, 2.05) is 30.3 Å². The monoisotopic (exact) mass is 432 g/mol. The van der Waals surface area contributed by atoms with Gasteiger partial charge in [0.15, 0.2) is 5.12 Å². The Balaban J connectivity index is 0.00000280. The predicted octanol–water partition coefficient (Wildman–Crippen LogP) is 0.472. The van der Waals surface area contributed by atoms with Crippen molar-refractivity contribution in [2.45, 2.75) is 42.5 Å². The number of fused-ring (bicyclic) bond motifs is 1. The van der Waals surface area contributed by atoms with Crippen LogP contribution in [0.15, 0.2) is 30.3 Å². The molecule has 28 heavy (non-hydrogen) atoms. The number of nitrogens with one attached hydrogen (secondary N) is 1. The van der Waals surface area contributed by atoms with Crippen LogP contribution >= 0.6 is 23.5 Å². The van der Waals surface area contributed by atoms with Crippen molar-refractivity contribution in [2.24, 2.45) is 0 Å². The number of hydrogen-bond acceptors (Lipinski definition) is 6. The summed E-state index contributed by atoms with van der Waals surface area (Å²) in [5, 5.41) is 11.8. The van der Waals surface area contributed by atoms with Gasteiger partial charge in [-0.2, -0.15) is 0 Å². The van der Waals surface area contributed by atoms with Crippen LogP contribution in [0.2, 0.25) is 0 Å². The first-order valence-electron chi connectivity index (χ1n) is 8.42. The third-order valence-corrected chi connectivity index (χ3v) is 7.63. The fraction of sp³-hybridized carbons (Fsp3) is 0.444. The van der Waals surface area contributed by atoms with Gasteiger partial charge in [-0.05, 0) is 12.5 Å². The first kappa shape index (κ1) is 23.3. The molecule has 0 radical (unpaired) electrons. The molecule has 2 fully saturated rings.